The van der Waals surface area contributed by atoms with Crippen LogP contribution in [0.5, 0.6) is 0 Å². The number of aliphatic hydroxyl groups excluding tert-OH is 1. The Hall–Kier alpha value is -0.520. The van der Waals surface area contributed by atoms with Gasteiger partial charge in [-0.3, -0.25) is 0 Å². The fraction of sp³-hybridized carbons (Fsp3) is 1.00. The van der Waals surface area contributed by atoms with Crippen LogP contribution in [-0.2, 0) is 0 Å². The third kappa shape index (κ3) is 6570. The normalized spacial score (nSPS) is 1.20. The van der Waals surface area contributed by atoms with E-state index < -0.39 is 0 Å². The summed E-state index contributed by atoms with van der Waals surface area (Å²) < 4.78 is 0. The molecule has 0 saturated heterocycles. The molecule has 0 aromatic rings. The zero-order valence-electron chi connectivity index (χ0n) is 8.15. The Morgan fingerprint density at radius 1 is 0.467 bits per heavy atom. The van der Waals surface area contributed by atoms with E-state index in [9.17, 15) is 0 Å². The fourth-order valence-electron chi connectivity index (χ4n) is 0. The van der Waals surface area contributed by atoms with Crippen LogP contribution in [0.25, 0.3) is 0 Å². The van der Waals surface area contributed by atoms with Crippen molar-refractivity contribution in [3.05, 3.63) is 0 Å². The summed E-state index contributed by atoms with van der Waals surface area (Å²) in [4.78, 5) is 0. The van der Waals surface area contributed by atoms with Gasteiger partial charge in [-0.25, -0.2) is 0 Å². The predicted molar refractivity (Wildman–Crippen MR) is 56.1 cm³/mol. The summed E-state index contributed by atoms with van der Waals surface area (Å²) in [5, 5.41) is 7.57. The maximum absolute atomic E-state index is 7.57. The molecule has 0 aliphatic heterocycles. The summed E-state index contributed by atoms with van der Waals surface area (Å²) in [6.45, 7) is 1.93. The lowest BCUT2D eigenvalue weighted by Crippen LogP contribution is -1.57. The van der Waals surface area contributed by atoms with Crippen molar-refractivity contribution in [2.45, 2.75) is 6.92 Å². The molecule has 0 saturated carbocycles. The maximum atomic E-state index is 7.57. The van der Waals surface area contributed by atoms with Crippen molar-refractivity contribution >= 4 is 0 Å². The smallest absolute Gasteiger partial charge is 0.0402 e. The average molecular weight is 262 g/mol. The van der Waals surface area contributed by atoms with Gasteiger partial charge in [0.05, 0.1) is 0 Å². The Morgan fingerprint density at radius 2 is 0.467 bits per heavy atom. The summed E-state index contributed by atoms with van der Waals surface area (Å²) >= 11 is 0. The second-order valence-electron chi connectivity index (χ2n) is 0.316. The van der Waals surface area contributed by atoms with Gasteiger partial charge in [-0.15, -0.1) is 0 Å². The fourth-order valence-corrected chi connectivity index (χ4v) is 0. The Labute approximate surface area is 85.7 Å². The molecule has 0 fully saturated rings. The Morgan fingerprint density at radius 3 is 0.467 bits per heavy atom. The molecule has 116 valence electrons. The van der Waals surface area contributed by atoms with Gasteiger partial charge in [0.15, 0.2) is 0 Å². The van der Waals surface area contributed by atoms with E-state index in [2.05, 4.69) is 0 Å². The van der Waals surface area contributed by atoms with Gasteiger partial charge in [0, 0.05) is 6.61 Å². The summed E-state index contributed by atoms with van der Waals surface area (Å²) in [5.74, 6) is 0. The van der Waals surface area contributed by atoms with Crippen molar-refractivity contribution in [1.82, 2.24) is 0 Å². The number of rotatable bonds is 0. The molecular weight excluding hydrogens is 232 g/mol. The molecule has 0 radical (unpaired) electrons. The van der Waals surface area contributed by atoms with E-state index in [0.717, 1.165) is 0 Å². The van der Waals surface area contributed by atoms with Gasteiger partial charge in [0.2, 0.25) is 0 Å². The third-order valence-corrected chi connectivity index (χ3v) is 0. The van der Waals surface area contributed by atoms with E-state index in [1.807, 2.05) is 0 Å². The molecule has 0 unspecified atom stereocenters. The molecule has 0 aromatic carbocycles. The Bertz CT molecular complexity index is 8.50. The van der Waals surface area contributed by atoms with Gasteiger partial charge in [-0.1, -0.05) is 0 Å². The molecule has 0 aliphatic rings. The van der Waals surface area contributed by atoms with E-state index in [1.54, 1.807) is 6.92 Å². The van der Waals surface area contributed by atoms with Gasteiger partial charge in [-0.2, -0.15) is 0 Å². The zero-order chi connectivity index (χ0) is 2.71. The van der Waals surface area contributed by atoms with Crippen molar-refractivity contribution < 1.29 is 70.8 Å². The molecule has 0 amide bonds. The molecular formula is C2H30O13. The lowest BCUT2D eigenvalue weighted by Gasteiger charge is -1.52. The van der Waals surface area contributed by atoms with Crippen molar-refractivity contribution in [3.63, 3.8) is 0 Å². The highest BCUT2D eigenvalue weighted by molar-refractivity contribution is 3.84. The Kier molecular flexibility index (Phi) is 730000. The van der Waals surface area contributed by atoms with E-state index in [1.165, 1.54) is 0 Å². The summed E-state index contributed by atoms with van der Waals surface area (Å²) in [6.07, 6.45) is 0. The van der Waals surface area contributed by atoms with E-state index in [4.69, 9.17) is 5.11 Å². The molecule has 0 aliphatic carbocycles. The second kappa shape index (κ2) is 9110. The predicted octanol–water partition coefficient (Wildman–Crippen LogP) is -9.90. The van der Waals surface area contributed by atoms with Crippen LogP contribution in [-0.4, -0.2) is 77.4 Å². The summed E-state index contributed by atoms with van der Waals surface area (Å²) in [5.41, 5.74) is 0. The quantitative estimate of drug-likeness (QED) is 0.435. The molecule has 0 heterocycles. The van der Waals surface area contributed by atoms with Gasteiger partial charge >= 0.3 is 0 Å². The SMILES string of the molecule is CCO.O.O.O.O.O.O.O.O.O.O.O.O. The lowest BCUT2D eigenvalue weighted by molar-refractivity contribution is 0.318. The monoisotopic (exact) mass is 262 g/mol. The van der Waals surface area contributed by atoms with E-state index in [-0.39, 0.29) is 72.3 Å². The van der Waals surface area contributed by atoms with Crippen molar-refractivity contribution in [2.24, 2.45) is 0 Å². The largest absolute Gasteiger partial charge is 0.412 e. The Balaban J connectivity index is -0.000000000303. The topological polar surface area (TPSA) is 398 Å². The molecule has 0 aromatic heterocycles. The van der Waals surface area contributed by atoms with Crippen LogP contribution >= 0.6 is 0 Å². The molecule has 0 atom stereocenters. The highest BCUT2D eigenvalue weighted by atomic mass is 16.2. The standard InChI is InChI=1S/C2H6O.12H2O/c1-2-3;;;;;;;;;;;;/h3H,2H2,1H3;12*1H2. The first kappa shape index (κ1) is 1200. The number of hydrogen-bond acceptors (Lipinski definition) is 1. The van der Waals surface area contributed by atoms with Crippen molar-refractivity contribution in [3.8, 4) is 0 Å². The second-order valence-corrected chi connectivity index (χ2v) is 0.316. The highest BCUT2D eigenvalue weighted by Gasteiger charge is 1.34. The highest BCUT2D eigenvalue weighted by Crippen LogP contribution is 1.30. The van der Waals surface area contributed by atoms with Crippen LogP contribution in [0.15, 0.2) is 0 Å². The number of aliphatic hydroxyl groups is 1. The van der Waals surface area contributed by atoms with E-state index >= 15 is 0 Å². The first-order chi connectivity index (χ1) is 1.41. The van der Waals surface area contributed by atoms with Crippen LogP contribution < -0.4 is 0 Å². The van der Waals surface area contributed by atoms with Gasteiger partial charge < -0.3 is 70.8 Å². The number of hydrogen-bond donors (Lipinski definition) is 1. The molecule has 15 heavy (non-hydrogen) atoms. The minimum atomic E-state index is 0. The lowest BCUT2D eigenvalue weighted by atomic mass is 10.9. The molecule has 0 rings (SSSR count). The molecule has 13 nitrogen and oxygen atoms in total. The van der Waals surface area contributed by atoms with Gasteiger partial charge in [0.1, 0.15) is 0 Å². The molecule has 0 spiro atoms. The first-order valence-corrected chi connectivity index (χ1v) is 1.02. The molecule has 13 heteroatoms. The zero-order valence-corrected chi connectivity index (χ0v) is 8.15. The first-order valence-electron chi connectivity index (χ1n) is 1.02. The van der Waals surface area contributed by atoms with E-state index in [0.29, 0.717) is 0 Å². The summed E-state index contributed by atoms with van der Waals surface area (Å²) in [6, 6.07) is 0. The maximum Gasteiger partial charge on any atom is 0.0402 e. The van der Waals surface area contributed by atoms with Crippen LogP contribution in [0, 0.1) is 0 Å². The van der Waals surface area contributed by atoms with Crippen LogP contribution in [0.1, 0.15) is 6.92 Å². The minimum absolute atomic E-state index is 0. The van der Waals surface area contributed by atoms with Crippen molar-refractivity contribution in [2.75, 3.05) is 6.61 Å². The van der Waals surface area contributed by atoms with Crippen LogP contribution in [0.2, 0.25) is 0 Å². The molecule has 25 N–H and O–H groups in total. The van der Waals surface area contributed by atoms with Gasteiger partial charge in [-0.05, 0) is 6.92 Å². The van der Waals surface area contributed by atoms with Crippen LogP contribution in [0.3, 0.4) is 0 Å². The third-order valence-electron chi connectivity index (χ3n) is 0. The molecule has 0 bridgehead atoms. The average Bonchev–Trinajstić information content (AvgIpc) is 0.918. The summed E-state index contributed by atoms with van der Waals surface area (Å²) in [7, 11) is 0. The van der Waals surface area contributed by atoms with Crippen molar-refractivity contribution in [1.29, 1.82) is 0 Å². The van der Waals surface area contributed by atoms with Gasteiger partial charge in [0.25, 0.3) is 0 Å². The van der Waals surface area contributed by atoms with Crippen LogP contribution in [0.4, 0.5) is 0 Å². The minimum Gasteiger partial charge on any atom is -0.412 e.